The second-order valence-electron chi connectivity index (χ2n) is 7.73. The summed E-state index contributed by atoms with van der Waals surface area (Å²) in [6.45, 7) is 2.52. The van der Waals surface area contributed by atoms with Gasteiger partial charge in [0.15, 0.2) is 0 Å². The molecule has 0 saturated carbocycles. The highest BCUT2D eigenvalue weighted by Crippen LogP contribution is 2.21. The smallest absolute Gasteiger partial charge is 0.411 e. The van der Waals surface area contributed by atoms with Crippen molar-refractivity contribution in [3.63, 3.8) is 0 Å². The number of anilines is 2. The largest absolute Gasteiger partial charge is 0.449 e. The molecule has 0 aliphatic carbocycles. The first-order valence-electron chi connectivity index (χ1n) is 11.2. The molecule has 0 saturated heterocycles. The van der Waals surface area contributed by atoms with Crippen molar-refractivity contribution in [3.05, 3.63) is 95.6 Å². The molecule has 6 nitrogen and oxygen atoms in total. The Bertz CT molecular complexity index is 1020. The average molecular weight is 447 g/mol. The van der Waals surface area contributed by atoms with Crippen LogP contribution in [0.25, 0.3) is 0 Å². The van der Waals surface area contributed by atoms with Crippen molar-refractivity contribution in [2.45, 2.75) is 32.6 Å². The van der Waals surface area contributed by atoms with E-state index in [2.05, 4.69) is 34.9 Å². The van der Waals surface area contributed by atoms with E-state index in [-0.39, 0.29) is 0 Å². The molecule has 3 aromatic rings. The van der Waals surface area contributed by atoms with Crippen LogP contribution in [0.2, 0.25) is 0 Å². The Labute approximate surface area is 194 Å². The molecular weight excluding hydrogens is 416 g/mol. The summed E-state index contributed by atoms with van der Waals surface area (Å²) >= 11 is 0. The van der Waals surface area contributed by atoms with Gasteiger partial charge in [0, 0.05) is 11.4 Å². The van der Waals surface area contributed by atoms with Gasteiger partial charge in [0.25, 0.3) is 0 Å². The highest BCUT2D eigenvalue weighted by molar-refractivity contribution is 5.89. The number of rotatable bonds is 10. The number of ether oxygens (including phenoxy) is 2. The minimum absolute atomic E-state index is 0.326. The van der Waals surface area contributed by atoms with Gasteiger partial charge >= 0.3 is 12.2 Å². The topological polar surface area (TPSA) is 76.7 Å². The van der Waals surface area contributed by atoms with Gasteiger partial charge in [0.05, 0.1) is 13.2 Å². The minimum Gasteiger partial charge on any atom is -0.449 e. The molecule has 0 aliphatic rings. The maximum atomic E-state index is 12.2. The Morgan fingerprint density at radius 3 is 1.76 bits per heavy atom. The van der Waals surface area contributed by atoms with Crippen LogP contribution in [0.3, 0.4) is 0 Å². The summed E-state index contributed by atoms with van der Waals surface area (Å²) < 4.78 is 10.5. The molecule has 0 heterocycles. The van der Waals surface area contributed by atoms with Crippen LogP contribution in [0, 0.1) is 6.92 Å². The van der Waals surface area contributed by atoms with Crippen molar-refractivity contribution in [3.8, 4) is 0 Å². The lowest BCUT2D eigenvalue weighted by molar-refractivity contribution is 0.159. The van der Waals surface area contributed by atoms with Gasteiger partial charge in [0.2, 0.25) is 0 Å². The maximum Gasteiger partial charge on any atom is 0.411 e. The van der Waals surface area contributed by atoms with Gasteiger partial charge in [-0.2, -0.15) is 0 Å². The third-order valence-corrected chi connectivity index (χ3v) is 5.09. The number of aryl methyl sites for hydroxylation is 3. The van der Waals surface area contributed by atoms with Crippen LogP contribution >= 0.6 is 0 Å². The number of amides is 2. The molecule has 0 aliphatic heterocycles. The first-order chi connectivity index (χ1) is 16.1. The van der Waals surface area contributed by atoms with Gasteiger partial charge in [-0.25, -0.2) is 9.59 Å². The predicted octanol–water partition coefficient (Wildman–Crippen LogP) is 6.36. The molecule has 3 rings (SSSR count). The van der Waals surface area contributed by atoms with Crippen molar-refractivity contribution in [1.29, 1.82) is 0 Å². The monoisotopic (exact) mass is 446 g/mol. The van der Waals surface area contributed by atoms with E-state index >= 15 is 0 Å². The zero-order chi connectivity index (χ0) is 23.3. The van der Waals surface area contributed by atoms with Crippen LogP contribution in [-0.4, -0.2) is 25.4 Å². The minimum atomic E-state index is -0.527. The molecule has 0 radical (unpaired) electrons. The van der Waals surface area contributed by atoms with E-state index in [1.807, 2.05) is 49.4 Å². The molecule has 0 bridgehead atoms. The fraction of sp³-hybridized carbons (Fsp3) is 0.259. The van der Waals surface area contributed by atoms with Crippen LogP contribution < -0.4 is 10.6 Å². The molecule has 33 heavy (non-hydrogen) atoms. The predicted molar refractivity (Wildman–Crippen MR) is 131 cm³/mol. The number of hydrogen-bond acceptors (Lipinski definition) is 4. The molecule has 172 valence electrons. The highest BCUT2D eigenvalue weighted by Gasteiger charge is 2.09. The zero-order valence-electron chi connectivity index (χ0n) is 18.9. The Morgan fingerprint density at radius 2 is 1.21 bits per heavy atom. The summed E-state index contributed by atoms with van der Waals surface area (Å²) in [4.78, 5) is 24.2. The maximum absolute atomic E-state index is 12.2. The SMILES string of the molecule is Cc1ccc(NC(=O)OCCCc2ccccc2)cc1NC(=O)OCCCc1ccccc1. The summed E-state index contributed by atoms with van der Waals surface area (Å²) in [5.41, 5.74) is 4.39. The van der Waals surface area contributed by atoms with Gasteiger partial charge in [-0.15, -0.1) is 0 Å². The Morgan fingerprint density at radius 1 is 0.697 bits per heavy atom. The molecular formula is C27H30N2O4. The summed E-state index contributed by atoms with van der Waals surface area (Å²) in [5, 5.41) is 5.44. The second kappa shape index (κ2) is 12.9. The van der Waals surface area contributed by atoms with Crippen LogP contribution in [0.15, 0.2) is 78.9 Å². The van der Waals surface area contributed by atoms with Crippen LogP contribution in [0.1, 0.15) is 29.5 Å². The Balaban J connectivity index is 1.38. The van der Waals surface area contributed by atoms with Crippen molar-refractivity contribution < 1.29 is 19.1 Å². The van der Waals surface area contributed by atoms with Gasteiger partial charge < -0.3 is 9.47 Å². The first-order valence-corrected chi connectivity index (χ1v) is 11.2. The first kappa shape index (κ1) is 23.9. The third-order valence-electron chi connectivity index (χ3n) is 5.09. The third kappa shape index (κ3) is 8.69. The number of nitrogens with one attached hydrogen (secondary N) is 2. The fourth-order valence-corrected chi connectivity index (χ4v) is 3.31. The molecule has 0 aromatic heterocycles. The summed E-state index contributed by atoms with van der Waals surface area (Å²) in [6.07, 6.45) is 2.14. The Hall–Kier alpha value is -3.80. The number of carbonyl (C=O) groups is 2. The molecule has 0 unspecified atom stereocenters. The van der Waals surface area contributed by atoms with Crippen LogP contribution in [0.5, 0.6) is 0 Å². The van der Waals surface area contributed by atoms with E-state index < -0.39 is 12.2 Å². The van der Waals surface area contributed by atoms with Gasteiger partial charge in [0.1, 0.15) is 0 Å². The molecule has 2 amide bonds. The van der Waals surface area contributed by atoms with Crippen LogP contribution in [-0.2, 0) is 22.3 Å². The standard InChI is InChI=1S/C27H30N2O4/c1-21-16-17-24(28-26(30)32-18-8-14-22-10-4-2-5-11-22)20-25(21)29-27(31)33-19-9-15-23-12-6-3-7-13-23/h2-7,10-13,16-17,20H,8-9,14-15,18-19H2,1H3,(H,28,30)(H,29,31). The summed E-state index contributed by atoms with van der Waals surface area (Å²) in [6, 6.07) is 25.4. The van der Waals surface area contributed by atoms with Crippen molar-refractivity contribution in [1.82, 2.24) is 0 Å². The van der Waals surface area contributed by atoms with E-state index in [1.54, 1.807) is 12.1 Å². The van der Waals surface area contributed by atoms with E-state index in [0.717, 1.165) is 31.2 Å². The summed E-state index contributed by atoms with van der Waals surface area (Å²) in [7, 11) is 0. The fourth-order valence-electron chi connectivity index (χ4n) is 3.31. The molecule has 0 atom stereocenters. The van der Waals surface area contributed by atoms with Crippen molar-refractivity contribution in [2.24, 2.45) is 0 Å². The van der Waals surface area contributed by atoms with Crippen molar-refractivity contribution in [2.75, 3.05) is 23.8 Å². The number of hydrogen-bond donors (Lipinski definition) is 2. The number of benzene rings is 3. The number of carbonyl (C=O) groups excluding carboxylic acids is 2. The zero-order valence-corrected chi connectivity index (χ0v) is 18.9. The summed E-state index contributed by atoms with van der Waals surface area (Å²) in [5.74, 6) is 0. The molecule has 3 aromatic carbocycles. The lowest BCUT2D eigenvalue weighted by atomic mass is 10.1. The van der Waals surface area contributed by atoms with Gasteiger partial charge in [-0.05, 0) is 61.4 Å². The molecule has 0 spiro atoms. The van der Waals surface area contributed by atoms with E-state index in [0.29, 0.717) is 24.6 Å². The van der Waals surface area contributed by atoms with Gasteiger partial charge in [-0.1, -0.05) is 66.7 Å². The van der Waals surface area contributed by atoms with E-state index in [1.165, 1.54) is 11.1 Å². The van der Waals surface area contributed by atoms with Crippen molar-refractivity contribution >= 4 is 23.6 Å². The molecule has 6 heteroatoms. The molecule has 0 fully saturated rings. The lowest BCUT2D eigenvalue weighted by Gasteiger charge is -2.12. The highest BCUT2D eigenvalue weighted by atomic mass is 16.6. The van der Waals surface area contributed by atoms with Crippen LogP contribution in [0.4, 0.5) is 21.0 Å². The average Bonchev–Trinajstić information content (AvgIpc) is 2.83. The molecule has 2 N–H and O–H groups in total. The van der Waals surface area contributed by atoms with E-state index in [9.17, 15) is 9.59 Å². The Kier molecular flexibility index (Phi) is 9.33. The normalized spacial score (nSPS) is 10.3. The second-order valence-corrected chi connectivity index (χ2v) is 7.73. The quantitative estimate of drug-likeness (QED) is 0.355. The van der Waals surface area contributed by atoms with E-state index in [4.69, 9.17) is 9.47 Å². The lowest BCUT2D eigenvalue weighted by Crippen LogP contribution is -2.17. The van der Waals surface area contributed by atoms with Gasteiger partial charge in [-0.3, -0.25) is 10.6 Å².